The van der Waals surface area contributed by atoms with Gasteiger partial charge >= 0.3 is 0 Å². The second-order valence-corrected chi connectivity index (χ2v) is 14.8. The summed E-state index contributed by atoms with van der Waals surface area (Å²) >= 11 is 0.282. The van der Waals surface area contributed by atoms with Crippen LogP contribution < -0.4 is 0 Å². The molecule has 0 nitrogen and oxygen atoms in total. The van der Waals surface area contributed by atoms with Crippen molar-refractivity contribution in [2.75, 3.05) is 0 Å². The van der Waals surface area contributed by atoms with Crippen LogP contribution >= 0.6 is 0 Å². The number of hydrogen-bond acceptors (Lipinski definition) is 0. The van der Waals surface area contributed by atoms with Crippen LogP contribution in [0.1, 0.15) is 219 Å². The fraction of sp³-hybridized carbons (Fsp3) is 1.00. The van der Waals surface area contributed by atoms with E-state index in [1.807, 2.05) is 0 Å². The third-order valence-electron chi connectivity index (χ3n) is 8.71. The topological polar surface area (TPSA) is 0 Å². The van der Waals surface area contributed by atoms with Gasteiger partial charge in [-0.2, -0.15) is 0 Å². The maximum atomic E-state index is 2.31. The lowest BCUT2D eigenvalue weighted by Crippen LogP contribution is -1.90. The molecule has 37 heavy (non-hydrogen) atoms. The van der Waals surface area contributed by atoms with E-state index in [4.69, 9.17) is 0 Å². The summed E-state index contributed by atoms with van der Waals surface area (Å²) in [6.45, 7) is 4.62. The van der Waals surface area contributed by atoms with Crippen LogP contribution in [0.2, 0.25) is 10.6 Å². The van der Waals surface area contributed by atoms with Crippen molar-refractivity contribution in [2.45, 2.75) is 230 Å². The van der Waals surface area contributed by atoms with Gasteiger partial charge in [0, 0.05) is 0 Å². The lowest BCUT2D eigenvalue weighted by molar-refractivity contribution is 0.531. The molecule has 0 amide bonds. The highest BCUT2D eigenvalue weighted by molar-refractivity contribution is 6.35. The van der Waals surface area contributed by atoms with E-state index in [0.29, 0.717) is 0 Å². The molecule has 0 saturated carbocycles. The van der Waals surface area contributed by atoms with Crippen LogP contribution in [0, 0.1) is 0 Å². The highest BCUT2D eigenvalue weighted by Crippen LogP contribution is 2.16. The molecule has 0 N–H and O–H groups in total. The van der Waals surface area contributed by atoms with Crippen molar-refractivity contribution in [1.29, 1.82) is 0 Å². The minimum atomic E-state index is 0.282. The zero-order chi connectivity index (χ0) is 26.7. The van der Waals surface area contributed by atoms with Gasteiger partial charge in [0.15, 0.2) is 0 Å². The van der Waals surface area contributed by atoms with Gasteiger partial charge in [0.2, 0.25) is 15.2 Å². The Morgan fingerprint density at radius 1 is 0.216 bits per heavy atom. The first kappa shape index (κ1) is 37.5. The standard InChI is InChI=1S/2C18H37.Al.H/c2*1-3-5-7-9-11-13-15-17-18-16-14-12-10-8-6-4-2;;/h2*1,3-18H2,2H3;;. The normalized spacial score (nSPS) is 11.4. The average Bonchev–Trinajstić information content (AvgIpc) is 2.91. The molecular weight excluding hydrogens is 459 g/mol. The largest absolute Gasteiger partial charge is 0.236 e. The highest BCUT2D eigenvalue weighted by Gasteiger charge is 1.98. The molecule has 0 radical (unpaired) electrons. The zero-order valence-electron chi connectivity index (χ0n) is 26.7. The molecule has 0 saturated heterocycles. The van der Waals surface area contributed by atoms with Crippen molar-refractivity contribution >= 4 is 15.2 Å². The third-order valence-corrected chi connectivity index (χ3v) is 10.7. The van der Waals surface area contributed by atoms with Gasteiger partial charge in [0.05, 0.1) is 0 Å². The predicted molar refractivity (Wildman–Crippen MR) is 176 cm³/mol. The van der Waals surface area contributed by atoms with Crippen LogP contribution in [-0.4, -0.2) is 15.2 Å². The Morgan fingerprint density at radius 3 is 0.568 bits per heavy atom. The molecule has 0 aromatic rings. The third kappa shape index (κ3) is 36.5. The average molecular weight is 535 g/mol. The van der Waals surface area contributed by atoms with Crippen molar-refractivity contribution in [3.8, 4) is 0 Å². The summed E-state index contributed by atoms with van der Waals surface area (Å²) in [5.74, 6) is 0. The Morgan fingerprint density at radius 2 is 0.378 bits per heavy atom. The maximum Gasteiger partial charge on any atom is 0.236 e. The van der Waals surface area contributed by atoms with Crippen molar-refractivity contribution < 1.29 is 0 Å². The lowest BCUT2D eigenvalue weighted by Gasteiger charge is -2.04. The van der Waals surface area contributed by atoms with Crippen LogP contribution in [-0.2, 0) is 0 Å². The molecule has 0 heterocycles. The summed E-state index contributed by atoms with van der Waals surface area (Å²) in [5.41, 5.74) is 0. The van der Waals surface area contributed by atoms with Gasteiger partial charge in [-0.3, -0.25) is 0 Å². The van der Waals surface area contributed by atoms with Gasteiger partial charge in [-0.1, -0.05) is 230 Å². The molecule has 0 rings (SSSR count). The minimum absolute atomic E-state index is 0.282. The van der Waals surface area contributed by atoms with Crippen LogP contribution in [0.25, 0.3) is 0 Å². The number of rotatable bonds is 34. The van der Waals surface area contributed by atoms with E-state index in [0.717, 1.165) is 0 Å². The van der Waals surface area contributed by atoms with E-state index >= 15 is 0 Å². The van der Waals surface area contributed by atoms with Crippen molar-refractivity contribution in [3.63, 3.8) is 0 Å². The molecule has 0 unspecified atom stereocenters. The van der Waals surface area contributed by atoms with Gasteiger partial charge in [-0.25, -0.2) is 0 Å². The predicted octanol–water partition coefficient (Wildman–Crippen LogP) is 13.8. The van der Waals surface area contributed by atoms with E-state index in [9.17, 15) is 0 Å². The molecule has 0 aliphatic rings. The molecule has 0 aliphatic heterocycles. The Labute approximate surface area is 244 Å². The highest BCUT2D eigenvalue weighted by atomic mass is 27.1. The molecule has 222 valence electrons. The van der Waals surface area contributed by atoms with Crippen LogP contribution in [0.3, 0.4) is 0 Å². The van der Waals surface area contributed by atoms with E-state index < -0.39 is 0 Å². The van der Waals surface area contributed by atoms with Gasteiger partial charge in [-0.05, 0) is 0 Å². The summed E-state index contributed by atoms with van der Waals surface area (Å²) in [7, 11) is 0. The van der Waals surface area contributed by atoms with Gasteiger partial charge in [-0.15, -0.1) is 0 Å². The summed E-state index contributed by atoms with van der Waals surface area (Å²) < 4.78 is 0. The van der Waals surface area contributed by atoms with Crippen LogP contribution in [0.15, 0.2) is 0 Å². The Hall–Kier alpha value is 0.532. The fourth-order valence-electron chi connectivity index (χ4n) is 5.98. The molecule has 0 atom stereocenters. The molecule has 0 fully saturated rings. The molecule has 0 aromatic carbocycles. The van der Waals surface area contributed by atoms with Crippen molar-refractivity contribution in [1.82, 2.24) is 0 Å². The Balaban J connectivity index is 3.00. The van der Waals surface area contributed by atoms with Gasteiger partial charge in [0.1, 0.15) is 0 Å². The second-order valence-electron chi connectivity index (χ2n) is 12.7. The first-order valence-electron chi connectivity index (χ1n) is 18.4. The Kier molecular flexibility index (Phi) is 37.1. The lowest BCUT2D eigenvalue weighted by atomic mass is 10.0. The molecule has 1 heteroatoms. The van der Waals surface area contributed by atoms with E-state index in [1.165, 1.54) is 193 Å². The van der Waals surface area contributed by atoms with E-state index in [2.05, 4.69) is 13.8 Å². The smallest absolute Gasteiger partial charge is 0.0972 e. The summed E-state index contributed by atoms with van der Waals surface area (Å²) in [4.78, 5) is 0. The SMILES string of the molecule is CCCCCCCCCCCCCCCCC[CH2][AlH][CH2]CCCCCCCCCCCCCCCCC. The number of hydrogen-bond donors (Lipinski definition) is 0. The first-order chi connectivity index (χ1) is 18.4. The molecule has 0 bridgehead atoms. The fourth-order valence-corrected chi connectivity index (χ4v) is 7.75. The second kappa shape index (κ2) is 36.5. The molecule has 0 aliphatic carbocycles. The molecular formula is C36H75Al. The first-order valence-corrected chi connectivity index (χ1v) is 20.4. The zero-order valence-corrected chi connectivity index (χ0v) is 28.2. The minimum Gasteiger partial charge on any atom is -0.0972 e. The monoisotopic (exact) mass is 535 g/mol. The van der Waals surface area contributed by atoms with E-state index in [1.54, 1.807) is 23.4 Å². The summed E-state index contributed by atoms with van der Waals surface area (Å²) in [6.07, 6.45) is 47.8. The molecule has 0 aromatic heterocycles. The number of unbranched alkanes of at least 4 members (excludes halogenated alkanes) is 30. The summed E-state index contributed by atoms with van der Waals surface area (Å²) in [6, 6.07) is 0. The van der Waals surface area contributed by atoms with Crippen molar-refractivity contribution in [2.24, 2.45) is 0 Å². The van der Waals surface area contributed by atoms with E-state index in [-0.39, 0.29) is 15.2 Å². The maximum absolute atomic E-state index is 2.31. The quantitative estimate of drug-likeness (QED) is 0.0568. The Bertz CT molecular complexity index is 332. The van der Waals surface area contributed by atoms with Crippen LogP contribution in [0.4, 0.5) is 0 Å². The van der Waals surface area contributed by atoms with Gasteiger partial charge in [0.25, 0.3) is 0 Å². The van der Waals surface area contributed by atoms with Crippen LogP contribution in [0.5, 0.6) is 0 Å². The summed E-state index contributed by atoms with van der Waals surface area (Å²) in [5, 5.41) is 3.27. The van der Waals surface area contributed by atoms with Gasteiger partial charge < -0.3 is 0 Å². The van der Waals surface area contributed by atoms with Crippen molar-refractivity contribution in [3.05, 3.63) is 0 Å². The molecule has 0 spiro atoms.